The molecule has 1 fully saturated rings. The number of nitrogens with zero attached hydrogens (tertiary/aromatic N) is 1. The molecule has 1 aliphatic rings. The van der Waals surface area contributed by atoms with Crippen LogP contribution in [0.3, 0.4) is 0 Å². The third kappa shape index (κ3) is 2.36. The molecule has 1 N–H and O–H groups in total. The maximum atomic E-state index is 10.8. The number of carboxylic acids is 1. The predicted molar refractivity (Wildman–Crippen MR) is 57.8 cm³/mol. The SMILES string of the molecule is O=C(O)[C@@H]1CCN1CCc1ccccc1. The van der Waals surface area contributed by atoms with Crippen LogP contribution in [0, 0.1) is 0 Å². The Labute approximate surface area is 89.3 Å². The first-order valence-corrected chi connectivity index (χ1v) is 5.28. The van der Waals surface area contributed by atoms with Crippen LogP contribution in [0.1, 0.15) is 12.0 Å². The Kier molecular flexibility index (Phi) is 3.02. The normalized spacial score (nSPS) is 20.9. The fraction of sp³-hybridized carbons (Fsp3) is 0.417. The van der Waals surface area contributed by atoms with Crippen molar-refractivity contribution in [2.75, 3.05) is 13.1 Å². The molecular weight excluding hydrogens is 190 g/mol. The van der Waals surface area contributed by atoms with E-state index in [1.807, 2.05) is 23.1 Å². The summed E-state index contributed by atoms with van der Waals surface area (Å²) in [5, 5.41) is 8.86. The van der Waals surface area contributed by atoms with Gasteiger partial charge in [0.1, 0.15) is 6.04 Å². The Morgan fingerprint density at radius 1 is 1.40 bits per heavy atom. The summed E-state index contributed by atoms with van der Waals surface area (Å²) in [7, 11) is 0. The first-order chi connectivity index (χ1) is 7.27. The molecule has 0 amide bonds. The number of carbonyl (C=O) groups is 1. The number of carboxylic acid groups (broad SMARTS) is 1. The molecule has 80 valence electrons. The summed E-state index contributed by atoms with van der Waals surface area (Å²) < 4.78 is 0. The van der Waals surface area contributed by atoms with Crippen LogP contribution in [-0.2, 0) is 11.2 Å². The van der Waals surface area contributed by atoms with E-state index in [-0.39, 0.29) is 6.04 Å². The zero-order chi connectivity index (χ0) is 10.7. The Bertz CT molecular complexity index is 337. The lowest BCUT2D eigenvalue weighted by Gasteiger charge is -2.37. The largest absolute Gasteiger partial charge is 0.480 e. The number of hydrogen-bond acceptors (Lipinski definition) is 2. The van der Waals surface area contributed by atoms with E-state index in [0.717, 1.165) is 25.9 Å². The van der Waals surface area contributed by atoms with E-state index < -0.39 is 5.97 Å². The Hall–Kier alpha value is -1.35. The summed E-state index contributed by atoms with van der Waals surface area (Å²) in [6, 6.07) is 9.94. The molecule has 3 heteroatoms. The predicted octanol–water partition coefficient (Wildman–Crippen LogP) is 1.39. The second kappa shape index (κ2) is 4.45. The van der Waals surface area contributed by atoms with Gasteiger partial charge in [-0.05, 0) is 18.4 Å². The van der Waals surface area contributed by atoms with Crippen LogP contribution in [-0.4, -0.2) is 35.1 Å². The molecule has 0 aliphatic carbocycles. The molecule has 0 spiro atoms. The van der Waals surface area contributed by atoms with Crippen molar-refractivity contribution in [1.82, 2.24) is 4.90 Å². The van der Waals surface area contributed by atoms with E-state index in [1.165, 1.54) is 5.56 Å². The smallest absolute Gasteiger partial charge is 0.320 e. The minimum atomic E-state index is -0.686. The molecule has 0 aromatic heterocycles. The van der Waals surface area contributed by atoms with Gasteiger partial charge in [-0.1, -0.05) is 30.3 Å². The number of aliphatic carboxylic acids is 1. The van der Waals surface area contributed by atoms with E-state index in [1.54, 1.807) is 0 Å². The molecular formula is C12H15NO2. The maximum absolute atomic E-state index is 10.8. The van der Waals surface area contributed by atoms with Crippen LogP contribution in [0.5, 0.6) is 0 Å². The van der Waals surface area contributed by atoms with Gasteiger partial charge in [0, 0.05) is 13.1 Å². The average Bonchev–Trinajstić information content (AvgIpc) is 2.17. The third-order valence-electron chi connectivity index (χ3n) is 2.95. The van der Waals surface area contributed by atoms with Gasteiger partial charge in [0.2, 0.25) is 0 Å². The lowest BCUT2D eigenvalue weighted by molar-refractivity contribution is -0.148. The molecule has 15 heavy (non-hydrogen) atoms. The molecule has 0 radical (unpaired) electrons. The van der Waals surface area contributed by atoms with Gasteiger partial charge in [0.25, 0.3) is 0 Å². The van der Waals surface area contributed by atoms with Crippen molar-refractivity contribution in [3.05, 3.63) is 35.9 Å². The van der Waals surface area contributed by atoms with Gasteiger partial charge in [-0.3, -0.25) is 9.69 Å². The Morgan fingerprint density at radius 3 is 2.67 bits per heavy atom. The number of rotatable bonds is 4. The molecule has 0 unspecified atom stereocenters. The minimum Gasteiger partial charge on any atom is -0.480 e. The molecule has 0 bridgehead atoms. The quantitative estimate of drug-likeness (QED) is 0.807. The molecule has 3 nitrogen and oxygen atoms in total. The lowest BCUT2D eigenvalue weighted by atomic mass is 10.0. The molecule has 1 aromatic rings. The Balaban J connectivity index is 1.82. The minimum absolute atomic E-state index is 0.242. The molecule has 0 saturated carbocycles. The van der Waals surface area contributed by atoms with Gasteiger partial charge < -0.3 is 5.11 Å². The zero-order valence-electron chi connectivity index (χ0n) is 8.60. The van der Waals surface area contributed by atoms with Crippen LogP contribution in [0.4, 0.5) is 0 Å². The van der Waals surface area contributed by atoms with Crippen molar-refractivity contribution in [1.29, 1.82) is 0 Å². The van der Waals surface area contributed by atoms with Crippen LogP contribution in [0.25, 0.3) is 0 Å². The highest BCUT2D eigenvalue weighted by Crippen LogP contribution is 2.17. The number of benzene rings is 1. The summed E-state index contributed by atoms with van der Waals surface area (Å²) in [5.41, 5.74) is 1.27. The van der Waals surface area contributed by atoms with Crippen molar-refractivity contribution in [2.24, 2.45) is 0 Å². The standard InChI is InChI=1S/C12H15NO2/c14-12(15)11-7-9-13(11)8-6-10-4-2-1-3-5-10/h1-5,11H,6-9H2,(H,14,15)/t11-/m0/s1. The third-order valence-corrected chi connectivity index (χ3v) is 2.95. The van der Waals surface area contributed by atoms with Crippen molar-refractivity contribution in [2.45, 2.75) is 18.9 Å². The van der Waals surface area contributed by atoms with Gasteiger partial charge in [0.05, 0.1) is 0 Å². The highest BCUT2D eigenvalue weighted by molar-refractivity contribution is 5.74. The van der Waals surface area contributed by atoms with Crippen molar-refractivity contribution >= 4 is 5.97 Å². The molecule has 1 atom stereocenters. The summed E-state index contributed by atoms with van der Waals surface area (Å²) in [4.78, 5) is 12.8. The van der Waals surface area contributed by atoms with Gasteiger partial charge in [-0.15, -0.1) is 0 Å². The van der Waals surface area contributed by atoms with Crippen LogP contribution in [0.15, 0.2) is 30.3 Å². The van der Waals surface area contributed by atoms with Gasteiger partial charge in [-0.25, -0.2) is 0 Å². The van der Waals surface area contributed by atoms with Crippen LogP contribution in [0.2, 0.25) is 0 Å². The molecule has 2 rings (SSSR count). The van der Waals surface area contributed by atoms with Crippen molar-refractivity contribution < 1.29 is 9.90 Å². The summed E-state index contributed by atoms with van der Waals surface area (Å²) >= 11 is 0. The van der Waals surface area contributed by atoms with Gasteiger partial charge >= 0.3 is 5.97 Å². The molecule has 1 aromatic carbocycles. The lowest BCUT2D eigenvalue weighted by Crippen LogP contribution is -2.52. The van der Waals surface area contributed by atoms with Gasteiger partial charge in [-0.2, -0.15) is 0 Å². The summed E-state index contributed by atoms with van der Waals surface area (Å²) in [6.07, 6.45) is 1.73. The Morgan fingerprint density at radius 2 is 2.13 bits per heavy atom. The monoisotopic (exact) mass is 205 g/mol. The van der Waals surface area contributed by atoms with Crippen molar-refractivity contribution in [3.63, 3.8) is 0 Å². The highest BCUT2D eigenvalue weighted by atomic mass is 16.4. The average molecular weight is 205 g/mol. The summed E-state index contributed by atoms with van der Waals surface area (Å²) in [6.45, 7) is 1.77. The van der Waals surface area contributed by atoms with E-state index in [4.69, 9.17) is 5.11 Å². The van der Waals surface area contributed by atoms with E-state index in [2.05, 4.69) is 12.1 Å². The number of likely N-dealkylation sites (tertiary alicyclic amines) is 1. The van der Waals surface area contributed by atoms with Gasteiger partial charge in [0.15, 0.2) is 0 Å². The fourth-order valence-corrected chi connectivity index (χ4v) is 1.91. The number of hydrogen-bond donors (Lipinski definition) is 1. The van der Waals surface area contributed by atoms with E-state index in [9.17, 15) is 4.79 Å². The van der Waals surface area contributed by atoms with Crippen LogP contribution >= 0.6 is 0 Å². The van der Waals surface area contributed by atoms with E-state index >= 15 is 0 Å². The van der Waals surface area contributed by atoms with Crippen molar-refractivity contribution in [3.8, 4) is 0 Å². The second-order valence-corrected chi connectivity index (χ2v) is 3.91. The molecule has 1 heterocycles. The van der Waals surface area contributed by atoms with E-state index in [0.29, 0.717) is 0 Å². The first kappa shape index (κ1) is 10.2. The fourth-order valence-electron chi connectivity index (χ4n) is 1.91. The second-order valence-electron chi connectivity index (χ2n) is 3.91. The summed E-state index contributed by atoms with van der Waals surface area (Å²) in [5.74, 6) is -0.686. The molecule has 1 aliphatic heterocycles. The topological polar surface area (TPSA) is 40.5 Å². The zero-order valence-corrected chi connectivity index (χ0v) is 8.60. The van der Waals surface area contributed by atoms with Crippen LogP contribution < -0.4 is 0 Å². The highest BCUT2D eigenvalue weighted by Gasteiger charge is 2.33. The first-order valence-electron chi connectivity index (χ1n) is 5.28. The molecule has 1 saturated heterocycles. The maximum Gasteiger partial charge on any atom is 0.320 e.